The highest BCUT2D eigenvalue weighted by atomic mass is 79.9. The van der Waals surface area contributed by atoms with Gasteiger partial charge in [-0.1, -0.05) is 52.3 Å². The fourth-order valence-corrected chi connectivity index (χ4v) is 3.99. The summed E-state index contributed by atoms with van der Waals surface area (Å²) in [7, 11) is 3.86. The van der Waals surface area contributed by atoms with Crippen molar-refractivity contribution >= 4 is 62.9 Å². The van der Waals surface area contributed by atoms with E-state index in [2.05, 4.69) is 42.3 Å². The maximum atomic E-state index is 13.1. The topological polar surface area (TPSA) is 115 Å². The van der Waals surface area contributed by atoms with Gasteiger partial charge in [-0.3, -0.25) is 19.8 Å². The minimum absolute atomic E-state index is 0.0158. The highest BCUT2D eigenvalue weighted by Crippen LogP contribution is 2.17. The van der Waals surface area contributed by atoms with Crippen LogP contribution in [0.3, 0.4) is 0 Å². The zero-order chi connectivity index (χ0) is 29.2. The zero-order valence-electron chi connectivity index (χ0n) is 22.3. The number of nitrogens with one attached hydrogen (secondary N) is 3. The molecule has 0 fully saturated rings. The third-order valence-electron chi connectivity index (χ3n) is 5.75. The van der Waals surface area contributed by atoms with Crippen molar-refractivity contribution in [3.63, 3.8) is 0 Å². The van der Waals surface area contributed by atoms with Crippen LogP contribution in [0.15, 0.2) is 123 Å². The van der Waals surface area contributed by atoms with Gasteiger partial charge in [0, 0.05) is 35.4 Å². The second kappa shape index (κ2) is 13.8. The molecule has 3 N–H and O–H groups in total. The van der Waals surface area contributed by atoms with Crippen molar-refractivity contribution in [2.75, 3.05) is 24.4 Å². The number of hydrogen-bond acceptors (Lipinski definition) is 7. The van der Waals surface area contributed by atoms with Gasteiger partial charge in [-0.15, -0.1) is 0 Å². The minimum Gasteiger partial charge on any atom is -0.378 e. The number of anilines is 2. The molecular formula is C31H27BrN6O3. The molecule has 3 aromatic rings. The van der Waals surface area contributed by atoms with Gasteiger partial charge in [-0.2, -0.15) is 10.2 Å². The standard InChI is InChI=1S/C31H27BrN6O3/c1-38(2)27-14-11-21(12-15-27)17-28(34-30(40)22-7-4-3-5-8-22)31(41)37-33-20-23-18-26(13-16-29(23)39)36-35-25-10-6-9-24(32)19-25/h3-20,35H,1-2H3,(H,34,40)(H,37,41). The first-order chi connectivity index (χ1) is 19.8. The quantitative estimate of drug-likeness (QED) is 0.138. The summed E-state index contributed by atoms with van der Waals surface area (Å²) in [5.74, 6) is -1.40. The molecule has 0 spiro atoms. The summed E-state index contributed by atoms with van der Waals surface area (Å²) in [6.45, 7) is 0. The molecule has 0 radical (unpaired) electrons. The Morgan fingerprint density at radius 2 is 1.68 bits per heavy atom. The number of carbonyl (C=O) groups is 3. The molecule has 0 aliphatic heterocycles. The van der Waals surface area contributed by atoms with Gasteiger partial charge < -0.3 is 10.2 Å². The number of nitrogens with zero attached hydrogens (tertiary/aromatic N) is 3. The number of benzene rings is 3. The number of hydrazone groups is 2. The van der Waals surface area contributed by atoms with Crippen LogP contribution in [0, 0.1) is 0 Å². The SMILES string of the molecule is CN(C)c1ccc(C=C(NC(=O)c2ccccc2)C(=O)NN=CC2=CC(=NNc3cccc(Br)c3)C=CC2=O)cc1. The van der Waals surface area contributed by atoms with Gasteiger partial charge in [0.2, 0.25) is 0 Å². The van der Waals surface area contributed by atoms with E-state index in [1.54, 1.807) is 48.6 Å². The van der Waals surface area contributed by atoms with E-state index in [4.69, 9.17) is 0 Å². The predicted molar refractivity (Wildman–Crippen MR) is 167 cm³/mol. The van der Waals surface area contributed by atoms with E-state index in [0.29, 0.717) is 16.8 Å². The average Bonchev–Trinajstić information content (AvgIpc) is 2.97. The van der Waals surface area contributed by atoms with E-state index in [1.807, 2.05) is 67.5 Å². The molecule has 2 amide bonds. The van der Waals surface area contributed by atoms with Gasteiger partial charge in [-0.05, 0) is 72.3 Å². The number of hydrogen-bond donors (Lipinski definition) is 3. The normalized spacial score (nSPS) is 14.1. The van der Waals surface area contributed by atoms with Crippen LogP contribution in [-0.4, -0.2) is 43.6 Å². The van der Waals surface area contributed by atoms with Crippen molar-refractivity contribution < 1.29 is 14.4 Å². The van der Waals surface area contributed by atoms with E-state index < -0.39 is 11.8 Å². The minimum atomic E-state index is -0.660. The van der Waals surface area contributed by atoms with Gasteiger partial charge in [-0.25, -0.2) is 5.43 Å². The fourth-order valence-electron chi connectivity index (χ4n) is 3.59. The Kier molecular flexibility index (Phi) is 9.74. The molecule has 0 saturated heterocycles. The first-order valence-electron chi connectivity index (χ1n) is 12.5. The summed E-state index contributed by atoms with van der Waals surface area (Å²) >= 11 is 3.41. The van der Waals surface area contributed by atoms with Crippen LogP contribution in [-0.2, 0) is 9.59 Å². The average molecular weight is 612 g/mol. The Morgan fingerprint density at radius 3 is 2.39 bits per heavy atom. The second-order valence-electron chi connectivity index (χ2n) is 9.02. The van der Waals surface area contributed by atoms with Gasteiger partial charge in [0.25, 0.3) is 11.8 Å². The molecule has 4 rings (SSSR count). The molecule has 0 atom stereocenters. The molecule has 0 unspecified atom stereocenters. The van der Waals surface area contributed by atoms with Crippen LogP contribution in [0.2, 0.25) is 0 Å². The van der Waals surface area contributed by atoms with E-state index >= 15 is 0 Å². The van der Waals surface area contributed by atoms with E-state index in [-0.39, 0.29) is 17.1 Å². The summed E-state index contributed by atoms with van der Waals surface area (Å²) < 4.78 is 0.898. The summed E-state index contributed by atoms with van der Waals surface area (Å²) in [4.78, 5) is 40.2. The summed E-state index contributed by atoms with van der Waals surface area (Å²) in [6.07, 6.45) is 7.28. The van der Waals surface area contributed by atoms with E-state index in [1.165, 1.54) is 12.3 Å². The second-order valence-corrected chi connectivity index (χ2v) is 9.94. The molecule has 1 aliphatic carbocycles. The monoisotopic (exact) mass is 610 g/mol. The lowest BCUT2D eigenvalue weighted by Crippen LogP contribution is -2.33. The van der Waals surface area contributed by atoms with Crippen LogP contribution in [0.4, 0.5) is 11.4 Å². The Balaban J connectivity index is 1.50. The lowest BCUT2D eigenvalue weighted by Gasteiger charge is -2.13. The molecule has 3 aromatic carbocycles. The molecule has 9 nitrogen and oxygen atoms in total. The maximum Gasteiger partial charge on any atom is 0.287 e. The molecule has 206 valence electrons. The third-order valence-corrected chi connectivity index (χ3v) is 6.24. The molecule has 0 aromatic heterocycles. The molecule has 1 aliphatic rings. The number of ketones is 1. The maximum absolute atomic E-state index is 13.1. The van der Waals surface area contributed by atoms with Crippen molar-refractivity contribution in [2.24, 2.45) is 10.2 Å². The Bertz CT molecular complexity index is 1590. The Hall–Kier alpha value is -5.09. The van der Waals surface area contributed by atoms with Crippen LogP contribution in [0.25, 0.3) is 6.08 Å². The first kappa shape index (κ1) is 28.9. The molecule has 0 saturated carbocycles. The zero-order valence-corrected chi connectivity index (χ0v) is 23.9. The number of amides is 2. The first-order valence-corrected chi connectivity index (χ1v) is 13.3. The van der Waals surface area contributed by atoms with E-state index in [0.717, 1.165) is 15.8 Å². The van der Waals surface area contributed by atoms with Gasteiger partial charge in [0.1, 0.15) is 5.70 Å². The largest absolute Gasteiger partial charge is 0.378 e. The van der Waals surface area contributed by atoms with Crippen molar-refractivity contribution in [1.29, 1.82) is 0 Å². The van der Waals surface area contributed by atoms with Crippen LogP contribution in [0.1, 0.15) is 15.9 Å². The summed E-state index contributed by atoms with van der Waals surface area (Å²) in [5, 5.41) is 10.9. The number of allylic oxidation sites excluding steroid dienone is 4. The van der Waals surface area contributed by atoms with Crippen molar-refractivity contribution in [3.8, 4) is 0 Å². The lowest BCUT2D eigenvalue weighted by atomic mass is 10.0. The van der Waals surface area contributed by atoms with Crippen LogP contribution >= 0.6 is 15.9 Å². The highest BCUT2D eigenvalue weighted by Gasteiger charge is 2.15. The summed E-state index contributed by atoms with van der Waals surface area (Å²) in [6, 6.07) is 23.5. The fraction of sp³-hybridized carbons (Fsp3) is 0.0645. The number of carbonyl (C=O) groups excluding carboxylic acids is 3. The van der Waals surface area contributed by atoms with Crippen LogP contribution in [0.5, 0.6) is 0 Å². The van der Waals surface area contributed by atoms with E-state index in [9.17, 15) is 14.4 Å². The third kappa shape index (κ3) is 8.45. The highest BCUT2D eigenvalue weighted by molar-refractivity contribution is 9.10. The Morgan fingerprint density at radius 1 is 0.927 bits per heavy atom. The van der Waals surface area contributed by atoms with Crippen molar-refractivity contribution in [3.05, 3.63) is 124 Å². The van der Waals surface area contributed by atoms with Crippen molar-refractivity contribution in [2.45, 2.75) is 0 Å². The predicted octanol–water partition coefficient (Wildman–Crippen LogP) is 4.92. The Labute approximate surface area is 246 Å². The molecule has 10 heteroatoms. The van der Waals surface area contributed by atoms with Gasteiger partial charge in [0.15, 0.2) is 5.78 Å². The molecule has 0 bridgehead atoms. The number of rotatable bonds is 9. The molecule has 0 heterocycles. The van der Waals surface area contributed by atoms with Gasteiger partial charge >= 0.3 is 0 Å². The molecule has 41 heavy (non-hydrogen) atoms. The van der Waals surface area contributed by atoms with Crippen LogP contribution < -0.4 is 21.1 Å². The number of halogens is 1. The smallest absolute Gasteiger partial charge is 0.287 e. The lowest BCUT2D eigenvalue weighted by molar-refractivity contribution is -0.117. The summed E-state index contributed by atoms with van der Waals surface area (Å²) in [5.41, 5.74) is 8.88. The van der Waals surface area contributed by atoms with Crippen molar-refractivity contribution in [1.82, 2.24) is 10.7 Å². The molecular weight excluding hydrogens is 584 g/mol. The van der Waals surface area contributed by atoms with Gasteiger partial charge in [0.05, 0.1) is 17.6 Å².